The highest BCUT2D eigenvalue weighted by molar-refractivity contribution is 6.30. The average molecular weight is 252 g/mol. The monoisotopic (exact) mass is 251 g/mol. The normalized spacial score (nSPS) is 10.5. The fourth-order valence-electron chi connectivity index (χ4n) is 1.59. The van der Waals surface area contributed by atoms with Gasteiger partial charge in [0.2, 0.25) is 0 Å². The average Bonchev–Trinajstić information content (AvgIpc) is 2.23. The van der Waals surface area contributed by atoms with Crippen molar-refractivity contribution in [2.24, 2.45) is 0 Å². The van der Waals surface area contributed by atoms with E-state index in [2.05, 4.69) is 9.97 Å². The summed E-state index contributed by atoms with van der Waals surface area (Å²) in [6, 6.07) is 6.52. The van der Waals surface area contributed by atoms with Crippen molar-refractivity contribution in [3.05, 3.63) is 52.2 Å². The Morgan fingerprint density at radius 3 is 2.82 bits per heavy atom. The molecule has 0 spiro atoms. The van der Waals surface area contributed by atoms with Gasteiger partial charge in [-0.1, -0.05) is 23.7 Å². The zero-order valence-electron chi connectivity index (χ0n) is 9.24. The number of anilines is 1. The minimum Gasteiger partial charge on any atom is -0.384 e. The minimum absolute atomic E-state index is 0.100. The number of benzene rings is 1. The largest absolute Gasteiger partial charge is 0.384 e. The minimum atomic E-state index is -0.433. The first-order valence-electron chi connectivity index (χ1n) is 5.09. The molecule has 0 bridgehead atoms. The smallest absolute Gasteiger partial charge is 0.145 e. The Morgan fingerprint density at radius 1 is 1.35 bits per heavy atom. The van der Waals surface area contributed by atoms with E-state index in [1.165, 1.54) is 6.07 Å². The lowest BCUT2D eigenvalue weighted by atomic mass is 10.1. The maximum absolute atomic E-state index is 13.7. The molecule has 5 heteroatoms. The van der Waals surface area contributed by atoms with Crippen molar-refractivity contribution in [2.75, 3.05) is 5.73 Å². The van der Waals surface area contributed by atoms with E-state index in [1.807, 2.05) is 6.92 Å². The standard InChI is InChI=1S/C12H11ClFN3/c1-7-5-10(15)17-11(16-7)6-8-3-2-4-9(13)12(8)14/h2-5H,6H2,1H3,(H2,15,16,17). The third-order valence-corrected chi connectivity index (χ3v) is 2.59. The van der Waals surface area contributed by atoms with Gasteiger partial charge in [-0.15, -0.1) is 0 Å². The van der Waals surface area contributed by atoms with Crippen LogP contribution in [0.3, 0.4) is 0 Å². The van der Waals surface area contributed by atoms with Crippen molar-refractivity contribution < 1.29 is 4.39 Å². The van der Waals surface area contributed by atoms with Gasteiger partial charge in [-0.25, -0.2) is 14.4 Å². The number of nitrogen functional groups attached to an aromatic ring is 1. The van der Waals surface area contributed by atoms with Crippen molar-refractivity contribution in [2.45, 2.75) is 13.3 Å². The highest BCUT2D eigenvalue weighted by Crippen LogP contribution is 2.19. The number of hydrogen-bond acceptors (Lipinski definition) is 3. The summed E-state index contributed by atoms with van der Waals surface area (Å²) >= 11 is 5.70. The SMILES string of the molecule is Cc1cc(N)nc(Cc2cccc(Cl)c2F)n1. The molecule has 0 aliphatic carbocycles. The molecule has 3 nitrogen and oxygen atoms in total. The Labute approximate surface area is 103 Å². The van der Waals surface area contributed by atoms with Crippen LogP contribution in [0.25, 0.3) is 0 Å². The number of hydrogen-bond donors (Lipinski definition) is 1. The van der Waals surface area contributed by atoms with Gasteiger partial charge in [0.05, 0.1) is 5.02 Å². The van der Waals surface area contributed by atoms with Gasteiger partial charge in [0.25, 0.3) is 0 Å². The van der Waals surface area contributed by atoms with Crippen molar-refractivity contribution in [3.63, 3.8) is 0 Å². The van der Waals surface area contributed by atoms with E-state index in [9.17, 15) is 4.39 Å². The molecule has 0 saturated heterocycles. The number of aromatic nitrogens is 2. The molecule has 0 amide bonds. The summed E-state index contributed by atoms with van der Waals surface area (Å²) in [7, 11) is 0. The first-order valence-corrected chi connectivity index (χ1v) is 5.47. The Morgan fingerprint density at radius 2 is 2.12 bits per heavy atom. The second kappa shape index (κ2) is 4.67. The third-order valence-electron chi connectivity index (χ3n) is 2.30. The summed E-state index contributed by atoms with van der Waals surface area (Å²) in [6.45, 7) is 1.82. The van der Waals surface area contributed by atoms with Crippen LogP contribution in [0.4, 0.5) is 10.2 Å². The fourth-order valence-corrected chi connectivity index (χ4v) is 1.78. The molecule has 17 heavy (non-hydrogen) atoms. The molecule has 0 aliphatic heterocycles. The van der Waals surface area contributed by atoms with Crippen LogP contribution in [0.1, 0.15) is 17.1 Å². The zero-order chi connectivity index (χ0) is 12.4. The summed E-state index contributed by atoms with van der Waals surface area (Å²) in [5, 5.41) is 0.100. The summed E-state index contributed by atoms with van der Waals surface area (Å²) in [5.41, 5.74) is 6.83. The Balaban J connectivity index is 2.34. The van der Waals surface area contributed by atoms with Gasteiger partial charge in [0, 0.05) is 18.2 Å². The zero-order valence-corrected chi connectivity index (χ0v) is 10.0. The lowest BCUT2D eigenvalue weighted by molar-refractivity contribution is 0.612. The van der Waals surface area contributed by atoms with Crippen LogP contribution in [-0.4, -0.2) is 9.97 Å². The van der Waals surface area contributed by atoms with Crippen LogP contribution in [0.2, 0.25) is 5.02 Å². The molecule has 2 N–H and O–H groups in total. The number of halogens is 2. The molecule has 2 rings (SSSR count). The molecule has 0 fully saturated rings. The van der Waals surface area contributed by atoms with Gasteiger partial charge in [-0.2, -0.15) is 0 Å². The first-order chi connectivity index (χ1) is 8.06. The van der Waals surface area contributed by atoms with E-state index < -0.39 is 5.82 Å². The quantitative estimate of drug-likeness (QED) is 0.893. The highest BCUT2D eigenvalue weighted by Gasteiger charge is 2.09. The van der Waals surface area contributed by atoms with Crippen LogP contribution in [0.15, 0.2) is 24.3 Å². The summed E-state index contributed by atoms with van der Waals surface area (Å²) in [4.78, 5) is 8.26. The van der Waals surface area contributed by atoms with Crippen molar-refractivity contribution in [1.29, 1.82) is 0 Å². The van der Waals surface area contributed by atoms with Gasteiger partial charge in [-0.3, -0.25) is 0 Å². The predicted octanol–water partition coefficient (Wildman–Crippen LogP) is 2.75. The second-order valence-corrected chi connectivity index (χ2v) is 4.15. The topological polar surface area (TPSA) is 51.8 Å². The van der Waals surface area contributed by atoms with Gasteiger partial charge >= 0.3 is 0 Å². The maximum Gasteiger partial charge on any atom is 0.145 e. The molecule has 2 aromatic rings. The summed E-state index contributed by atoms with van der Waals surface area (Å²) < 4.78 is 13.7. The van der Waals surface area contributed by atoms with Crippen molar-refractivity contribution in [1.82, 2.24) is 9.97 Å². The summed E-state index contributed by atoms with van der Waals surface area (Å²) in [6.07, 6.45) is 0.276. The van der Waals surface area contributed by atoms with Crippen LogP contribution < -0.4 is 5.73 Å². The number of aryl methyl sites for hydroxylation is 1. The van der Waals surface area contributed by atoms with Crippen LogP contribution >= 0.6 is 11.6 Å². The molecule has 0 radical (unpaired) electrons. The molecular formula is C12H11ClFN3. The van der Waals surface area contributed by atoms with Gasteiger partial charge < -0.3 is 5.73 Å². The van der Waals surface area contributed by atoms with Crippen LogP contribution in [0, 0.1) is 12.7 Å². The van der Waals surface area contributed by atoms with E-state index >= 15 is 0 Å². The van der Waals surface area contributed by atoms with E-state index in [-0.39, 0.29) is 11.4 Å². The van der Waals surface area contributed by atoms with E-state index in [1.54, 1.807) is 18.2 Å². The molecule has 0 unspecified atom stereocenters. The summed E-state index contributed by atoms with van der Waals surface area (Å²) in [5.74, 6) is 0.441. The first kappa shape index (κ1) is 11.8. The predicted molar refractivity (Wildman–Crippen MR) is 65.4 cm³/mol. The molecule has 1 heterocycles. The van der Waals surface area contributed by atoms with Crippen molar-refractivity contribution in [3.8, 4) is 0 Å². The molecule has 1 aromatic heterocycles. The molecule has 0 aliphatic rings. The van der Waals surface area contributed by atoms with Gasteiger partial charge in [0.1, 0.15) is 17.5 Å². The number of nitrogens with zero attached hydrogens (tertiary/aromatic N) is 2. The Kier molecular flexibility index (Phi) is 3.24. The highest BCUT2D eigenvalue weighted by atomic mass is 35.5. The van der Waals surface area contributed by atoms with Crippen LogP contribution in [0.5, 0.6) is 0 Å². The lowest BCUT2D eigenvalue weighted by Gasteiger charge is -2.05. The number of nitrogens with two attached hydrogens (primary N) is 1. The van der Waals surface area contributed by atoms with E-state index in [0.29, 0.717) is 17.2 Å². The van der Waals surface area contributed by atoms with Gasteiger partial charge in [0.15, 0.2) is 0 Å². The van der Waals surface area contributed by atoms with E-state index in [4.69, 9.17) is 17.3 Å². The van der Waals surface area contributed by atoms with Crippen molar-refractivity contribution >= 4 is 17.4 Å². The van der Waals surface area contributed by atoms with Gasteiger partial charge in [-0.05, 0) is 18.6 Å². The Hall–Kier alpha value is -1.68. The van der Waals surface area contributed by atoms with E-state index in [0.717, 1.165) is 5.69 Å². The third kappa shape index (κ3) is 2.71. The molecule has 0 atom stereocenters. The Bertz CT molecular complexity index is 537. The fraction of sp³-hybridized carbons (Fsp3) is 0.167. The molecule has 88 valence electrons. The molecule has 1 aromatic carbocycles. The number of rotatable bonds is 2. The lowest BCUT2D eigenvalue weighted by Crippen LogP contribution is -2.03. The molecule has 0 saturated carbocycles. The van der Waals surface area contributed by atoms with Crippen LogP contribution in [-0.2, 0) is 6.42 Å². The molecular weight excluding hydrogens is 241 g/mol. The second-order valence-electron chi connectivity index (χ2n) is 3.74. The maximum atomic E-state index is 13.7.